The van der Waals surface area contributed by atoms with Gasteiger partial charge in [0.25, 0.3) is 5.91 Å². The van der Waals surface area contributed by atoms with E-state index in [0.29, 0.717) is 45.6 Å². The summed E-state index contributed by atoms with van der Waals surface area (Å²) >= 11 is 0. The number of benzene rings is 3. The lowest BCUT2D eigenvalue weighted by atomic mass is 9.88. The summed E-state index contributed by atoms with van der Waals surface area (Å²) in [6.45, 7) is 3.96. The fraction of sp³-hybridized carbons (Fsp3) is 0.214. The van der Waals surface area contributed by atoms with E-state index in [0.717, 1.165) is 0 Å². The van der Waals surface area contributed by atoms with Crippen molar-refractivity contribution in [1.29, 1.82) is 0 Å². The van der Waals surface area contributed by atoms with Crippen molar-refractivity contribution in [2.75, 3.05) is 40.4 Å². The molecule has 0 saturated carbocycles. The number of ether oxygens (including phenoxy) is 6. The summed E-state index contributed by atoms with van der Waals surface area (Å²) in [5.41, 5.74) is 1.84. The maximum absolute atomic E-state index is 13.0. The Labute approximate surface area is 214 Å². The van der Waals surface area contributed by atoms with Crippen LogP contribution >= 0.6 is 0 Å². The molecule has 0 aromatic heterocycles. The van der Waals surface area contributed by atoms with Gasteiger partial charge in [0.1, 0.15) is 11.3 Å². The van der Waals surface area contributed by atoms with Crippen LogP contribution in [0.4, 0.5) is 5.69 Å². The molecule has 192 valence electrons. The zero-order chi connectivity index (χ0) is 26.7. The highest BCUT2D eigenvalue weighted by Gasteiger charge is 2.43. The van der Waals surface area contributed by atoms with E-state index in [1.165, 1.54) is 35.5 Å². The highest BCUT2D eigenvalue weighted by atomic mass is 16.6. The molecule has 3 aromatic carbocycles. The topological polar surface area (TPSA) is 92.8 Å². The van der Waals surface area contributed by atoms with Crippen molar-refractivity contribution in [2.45, 2.75) is 6.04 Å². The maximum Gasteiger partial charge on any atom is 0.347 e. The third kappa shape index (κ3) is 4.51. The lowest BCUT2D eigenvalue weighted by molar-refractivity contribution is -0.119. The van der Waals surface area contributed by atoms with Gasteiger partial charge >= 0.3 is 5.97 Å². The molecule has 1 heterocycles. The zero-order valence-electron chi connectivity index (χ0n) is 21.2. The lowest BCUT2D eigenvalue weighted by Crippen LogP contribution is -2.48. The molecule has 1 amide bonds. The van der Waals surface area contributed by atoms with E-state index in [4.69, 9.17) is 28.4 Å². The molecule has 9 nitrogen and oxygen atoms in total. The highest BCUT2D eigenvalue weighted by Crippen LogP contribution is 2.48. The zero-order valence-corrected chi connectivity index (χ0v) is 21.2. The molecule has 0 radical (unpaired) electrons. The van der Waals surface area contributed by atoms with Gasteiger partial charge in [0.2, 0.25) is 5.75 Å². The predicted octanol–water partition coefficient (Wildman–Crippen LogP) is 4.59. The number of β-lactam (4-membered cyclic amide) rings is 1. The normalized spacial score (nSPS) is 14.5. The van der Waals surface area contributed by atoms with Gasteiger partial charge in [-0.2, -0.15) is 0 Å². The fourth-order valence-corrected chi connectivity index (χ4v) is 4.21. The molecule has 1 aliphatic heterocycles. The minimum absolute atomic E-state index is 0.188. The Morgan fingerprint density at radius 2 is 1.38 bits per heavy atom. The number of carbonyl (C=O) groups is 2. The lowest BCUT2D eigenvalue weighted by Gasteiger charge is -2.42. The molecular weight excluding hydrogens is 478 g/mol. The molecule has 1 atom stereocenters. The van der Waals surface area contributed by atoms with Gasteiger partial charge in [-0.3, -0.25) is 9.69 Å². The highest BCUT2D eigenvalue weighted by molar-refractivity contribution is 6.15. The van der Waals surface area contributed by atoms with Crippen LogP contribution in [0.1, 0.15) is 22.0 Å². The number of amides is 1. The molecule has 37 heavy (non-hydrogen) atoms. The number of methoxy groups -OCH3 is 5. The quantitative estimate of drug-likeness (QED) is 0.180. The Hall–Kier alpha value is -4.66. The molecule has 9 heteroatoms. The SMILES string of the molecule is C=C1C(=O)N(c2cc(OC)c(OC)c(OC)c2)[C@H]1c1ccc(OC)c(OC(=O)c2ccccc2OC)c1. The Kier molecular flexibility index (Phi) is 7.24. The molecule has 0 unspecified atom stereocenters. The number of hydrogen-bond donors (Lipinski definition) is 0. The summed E-state index contributed by atoms with van der Waals surface area (Å²) < 4.78 is 32.7. The average molecular weight is 506 g/mol. The van der Waals surface area contributed by atoms with E-state index in [2.05, 4.69) is 6.58 Å². The summed E-state index contributed by atoms with van der Waals surface area (Å²) in [7, 11) is 7.46. The van der Waals surface area contributed by atoms with Crippen LogP contribution in [0.2, 0.25) is 0 Å². The van der Waals surface area contributed by atoms with E-state index in [1.54, 1.807) is 59.5 Å². The number of anilines is 1. The minimum Gasteiger partial charge on any atom is -0.496 e. The van der Waals surface area contributed by atoms with Crippen LogP contribution in [0.3, 0.4) is 0 Å². The predicted molar refractivity (Wildman–Crippen MR) is 136 cm³/mol. The Morgan fingerprint density at radius 1 is 0.757 bits per heavy atom. The van der Waals surface area contributed by atoms with Crippen LogP contribution in [0, 0.1) is 0 Å². The van der Waals surface area contributed by atoms with Crippen molar-refractivity contribution in [1.82, 2.24) is 0 Å². The number of rotatable bonds is 9. The molecule has 4 rings (SSSR count). The third-order valence-corrected chi connectivity index (χ3v) is 6.04. The second-order valence-corrected chi connectivity index (χ2v) is 7.99. The molecule has 0 N–H and O–H groups in total. The third-order valence-electron chi connectivity index (χ3n) is 6.04. The maximum atomic E-state index is 13.0. The van der Waals surface area contributed by atoms with Crippen molar-refractivity contribution in [3.05, 3.63) is 77.9 Å². The Balaban J connectivity index is 1.72. The second-order valence-electron chi connectivity index (χ2n) is 7.99. The number of esters is 1. The summed E-state index contributed by atoms with van der Waals surface area (Å²) in [5, 5.41) is 0. The van der Waals surface area contributed by atoms with Gasteiger partial charge < -0.3 is 28.4 Å². The second kappa shape index (κ2) is 10.5. The van der Waals surface area contributed by atoms with Crippen LogP contribution in [0.5, 0.6) is 34.5 Å². The standard InChI is InChI=1S/C28H27NO8/c1-16-25(29(27(16)30)18-14-23(34-4)26(36-6)24(15-18)35-5)17-11-12-21(33-3)22(13-17)37-28(31)19-9-7-8-10-20(19)32-2/h7-15,25H,1H2,2-6H3/t25-/m1/s1. The first-order valence-corrected chi connectivity index (χ1v) is 11.2. The van der Waals surface area contributed by atoms with Gasteiger partial charge in [-0.05, 0) is 29.8 Å². The Morgan fingerprint density at radius 3 is 1.97 bits per heavy atom. The van der Waals surface area contributed by atoms with Gasteiger partial charge in [0.05, 0.1) is 47.3 Å². The molecule has 1 saturated heterocycles. The van der Waals surface area contributed by atoms with E-state index in [1.807, 2.05) is 0 Å². The first-order chi connectivity index (χ1) is 17.9. The van der Waals surface area contributed by atoms with Crippen LogP contribution < -0.4 is 33.3 Å². The molecule has 0 spiro atoms. The van der Waals surface area contributed by atoms with Gasteiger partial charge in [0.15, 0.2) is 23.0 Å². The average Bonchev–Trinajstić information content (AvgIpc) is 2.94. The minimum atomic E-state index is -0.613. The van der Waals surface area contributed by atoms with E-state index < -0.39 is 12.0 Å². The molecular formula is C28H27NO8. The first kappa shape index (κ1) is 25.4. The number of carbonyl (C=O) groups excluding carboxylic acids is 2. The van der Waals surface area contributed by atoms with Crippen LogP contribution in [-0.2, 0) is 4.79 Å². The van der Waals surface area contributed by atoms with Crippen LogP contribution in [-0.4, -0.2) is 47.4 Å². The van der Waals surface area contributed by atoms with E-state index in [9.17, 15) is 9.59 Å². The number of hydrogen-bond acceptors (Lipinski definition) is 8. The van der Waals surface area contributed by atoms with E-state index in [-0.39, 0.29) is 17.2 Å². The molecule has 1 aliphatic rings. The van der Waals surface area contributed by atoms with Gasteiger partial charge in [-0.15, -0.1) is 0 Å². The molecule has 0 bridgehead atoms. The van der Waals surface area contributed by atoms with Crippen molar-refractivity contribution in [3.8, 4) is 34.5 Å². The Bertz CT molecular complexity index is 1340. The largest absolute Gasteiger partial charge is 0.496 e. The molecule has 0 aliphatic carbocycles. The summed E-state index contributed by atoms with van der Waals surface area (Å²) in [6.07, 6.45) is 0. The fourth-order valence-electron chi connectivity index (χ4n) is 4.21. The molecule has 1 fully saturated rings. The van der Waals surface area contributed by atoms with Crippen molar-refractivity contribution >= 4 is 17.6 Å². The smallest absolute Gasteiger partial charge is 0.347 e. The van der Waals surface area contributed by atoms with Crippen LogP contribution in [0.15, 0.2) is 66.7 Å². The van der Waals surface area contributed by atoms with Crippen LogP contribution in [0.25, 0.3) is 0 Å². The van der Waals surface area contributed by atoms with E-state index >= 15 is 0 Å². The summed E-state index contributed by atoms with van der Waals surface area (Å²) in [4.78, 5) is 27.4. The summed E-state index contributed by atoms with van der Waals surface area (Å²) in [5.74, 6) is 1.27. The number of nitrogens with zero attached hydrogens (tertiary/aromatic N) is 1. The van der Waals surface area contributed by atoms with Gasteiger partial charge in [-0.25, -0.2) is 4.79 Å². The molecule has 3 aromatic rings. The summed E-state index contributed by atoms with van der Waals surface area (Å²) in [6, 6.07) is 14.7. The van der Waals surface area contributed by atoms with Gasteiger partial charge in [-0.1, -0.05) is 24.8 Å². The van der Waals surface area contributed by atoms with Gasteiger partial charge in [0, 0.05) is 17.7 Å². The number of para-hydroxylation sites is 1. The monoisotopic (exact) mass is 505 g/mol. The van der Waals surface area contributed by atoms with Crippen molar-refractivity contribution in [3.63, 3.8) is 0 Å². The van der Waals surface area contributed by atoms with Crippen molar-refractivity contribution in [2.24, 2.45) is 0 Å². The van der Waals surface area contributed by atoms with Crippen molar-refractivity contribution < 1.29 is 38.0 Å². The first-order valence-electron chi connectivity index (χ1n) is 11.2.